The number of nitrogens with one attached hydrogen (secondary N) is 1. The summed E-state index contributed by atoms with van der Waals surface area (Å²) in [4.78, 5) is 4.97. The van der Waals surface area contributed by atoms with Gasteiger partial charge in [-0.05, 0) is 29.2 Å². The molecule has 0 saturated carbocycles. The summed E-state index contributed by atoms with van der Waals surface area (Å²) in [6, 6.07) is 29.3. The molecule has 0 radical (unpaired) electrons. The fraction of sp³-hybridized carbons (Fsp3) is 0.208. The number of nitrogens with zero attached hydrogens (tertiary/aromatic N) is 1. The summed E-state index contributed by atoms with van der Waals surface area (Å²) in [5.74, 6) is 1.83. The minimum Gasteiger partial charge on any atom is -0.485 e. The summed E-state index contributed by atoms with van der Waals surface area (Å²) in [7, 11) is 0. The molecule has 3 nitrogen and oxygen atoms in total. The number of benzene rings is 3. The summed E-state index contributed by atoms with van der Waals surface area (Å²) >= 11 is 0. The lowest BCUT2D eigenvalue weighted by Gasteiger charge is -2.19. The zero-order valence-corrected chi connectivity index (χ0v) is 15.5. The Morgan fingerprint density at radius 2 is 1.44 bits per heavy atom. The Balaban J connectivity index is 1.56. The third-order valence-corrected chi connectivity index (χ3v) is 4.95. The minimum absolute atomic E-state index is 0.0496. The first-order chi connectivity index (χ1) is 13.3. The van der Waals surface area contributed by atoms with E-state index in [0.29, 0.717) is 6.61 Å². The lowest BCUT2D eigenvalue weighted by Crippen LogP contribution is -2.28. The monoisotopic (exact) mass is 356 g/mol. The topological polar surface area (TPSA) is 33.6 Å². The van der Waals surface area contributed by atoms with Crippen LogP contribution >= 0.6 is 0 Å². The molecule has 3 aromatic rings. The first-order valence-electron chi connectivity index (χ1n) is 9.49. The maximum Gasteiger partial charge on any atom is 0.145 e. The normalized spacial score (nSPS) is 18.6. The largest absolute Gasteiger partial charge is 0.485 e. The van der Waals surface area contributed by atoms with E-state index < -0.39 is 0 Å². The smallest absolute Gasteiger partial charge is 0.145 e. The van der Waals surface area contributed by atoms with Gasteiger partial charge in [0.2, 0.25) is 0 Å². The van der Waals surface area contributed by atoms with Gasteiger partial charge in [0.15, 0.2) is 0 Å². The molecule has 0 spiro atoms. The number of para-hydroxylation sites is 1. The molecule has 0 amide bonds. The summed E-state index contributed by atoms with van der Waals surface area (Å²) in [5, 5.41) is 3.59. The van der Waals surface area contributed by atoms with Gasteiger partial charge in [0.25, 0.3) is 0 Å². The van der Waals surface area contributed by atoms with Crippen molar-refractivity contribution in [3.8, 4) is 5.75 Å². The molecule has 4 rings (SSSR count). The van der Waals surface area contributed by atoms with Gasteiger partial charge < -0.3 is 10.1 Å². The van der Waals surface area contributed by atoms with Crippen molar-refractivity contribution in [2.45, 2.75) is 25.4 Å². The molecule has 1 heterocycles. The Labute approximate surface area is 160 Å². The standard InChI is InChI=1S/C24H24N2O/c1-2-18-11-9-10-16-21(18)27-17-22-25-23(19-12-5-3-6-13-19)24(26-22)20-14-7-4-8-15-20/h3-16,23-24H,2,17H2,1H3,(H,25,26)/t23-,24+. The number of hydrogen-bond donors (Lipinski definition) is 1. The molecule has 1 N–H and O–H groups in total. The van der Waals surface area contributed by atoms with Crippen LogP contribution in [0, 0.1) is 0 Å². The molecule has 0 aromatic heterocycles. The Morgan fingerprint density at radius 1 is 0.815 bits per heavy atom. The number of ether oxygens (including phenoxy) is 1. The van der Waals surface area contributed by atoms with Crippen LogP contribution in [0.3, 0.4) is 0 Å². The second kappa shape index (κ2) is 8.09. The van der Waals surface area contributed by atoms with E-state index in [9.17, 15) is 0 Å². The van der Waals surface area contributed by atoms with E-state index in [1.807, 2.05) is 30.3 Å². The highest BCUT2D eigenvalue weighted by molar-refractivity contribution is 5.86. The van der Waals surface area contributed by atoms with E-state index in [2.05, 4.69) is 66.8 Å². The van der Waals surface area contributed by atoms with Crippen LogP contribution in [0.1, 0.15) is 35.7 Å². The van der Waals surface area contributed by atoms with Crippen molar-refractivity contribution < 1.29 is 4.74 Å². The number of rotatable bonds is 6. The van der Waals surface area contributed by atoms with Crippen molar-refractivity contribution in [3.63, 3.8) is 0 Å². The predicted molar refractivity (Wildman–Crippen MR) is 110 cm³/mol. The zero-order valence-electron chi connectivity index (χ0n) is 15.5. The van der Waals surface area contributed by atoms with Crippen LogP contribution in [-0.2, 0) is 6.42 Å². The van der Waals surface area contributed by atoms with Gasteiger partial charge in [0.1, 0.15) is 24.2 Å². The van der Waals surface area contributed by atoms with Gasteiger partial charge in [-0.1, -0.05) is 85.8 Å². The van der Waals surface area contributed by atoms with Gasteiger partial charge >= 0.3 is 0 Å². The molecule has 2 atom stereocenters. The molecule has 3 aromatic carbocycles. The Bertz CT molecular complexity index is 906. The van der Waals surface area contributed by atoms with Crippen LogP contribution in [-0.4, -0.2) is 12.4 Å². The van der Waals surface area contributed by atoms with Crippen LogP contribution in [0.15, 0.2) is 89.9 Å². The maximum atomic E-state index is 6.09. The fourth-order valence-electron chi connectivity index (χ4n) is 3.54. The number of aliphatic imine (C=N–C) groups is 1. The van der Waals surface area contributed by atoms with Crippen molar-refractivity contribution in [1.29, 1.82) is 0 Å². The molecule has 0 saturated heterocycles. The quantitative estimate of drug-likeness (QED) is 0.666. The third-order valence-electron chi connectivity index (χ3n) is 4.95. The first-order valence-corrected chi connectivity index (χ1v) is 9.49. The second-order valence-corrected chi connectivity index (χ2v) is 6.71. The van der Waals surface area contributed by atoms with Gasteiger partial charge in [0.05, 0.1) is 6.04 Å². The number of hydrogen-bond acceptors (Lipinski definition) is 3. The molecule has 27 heavy (non-hydrogen) atoms. The Hall–Kier alpha value is -3.07. The van der Waals surface area contributed by atoms with E-state index in [4.69, 9.17) is 9.73 Å². The van der Waals surface area contributed by atoms with Crippen LogP contribution in [0.25, 0.3) is 0 Å². The maximum absolute atomic E-state index is 6.09. The number of amidine groups is 1. The summed E-state index contributed by atoms with van der Waals surface area (Å²) in [6.45, 7) is 2.59. The second-order valence-electron chi connectivity index (χ2n) is 6.71. The lowest BCUT2D eigenvalue weighted by atomic mass is 9.95. The molecule has 0 aliphatic carbocycles. The van der Waals surface area contributed by atoms with Crippen LogP contribution < -0.4 is 10.1 Å². The van der Waals surface area contributed by atoms with E-state index >= 15 is 0 Å². The zero-order chi connectivity index (χ0) is 18.5. The molecular formula is C24H24N2O. The van der Waals surface area contributed by atoms with Crippen LogP contribution in [0.4, 0.5) is 0 Å². The van der Waals surface area contributed by atoms with Crippen molar-refractivity contribution in [2.24, 2.45) is 4.99 Å². The molecule has 3 heteroatoms. The molecule has 1 aliphatic heterocycles. The Kier molecular flexibility index (Phi) is 5.20. The molecule has 0 fully saturated rings. The fourth-order valence-corrected chi connectivity index (χ4v) is 3.54. The van der Waals surface area contributed by atoms with Gasteiger partial charge in [-0.3, -0.25) is 4.99 Å². The van der Waals surface area contributed by atoms with Gasteiger partial charge in [-0.15, -0.1) is 0 Å². The minimum atomic E-state index is 0.0496. The lowest BCUT2D eigenvalue weighted by molar-refractivity contribution is 0.368. The highest BCUT2D eigenvalue weighted by atomic mass is 16.5. The summed E-state index contributed by atoms with van der Waals surface area (Å²) < 4.78 is 6.09. The van der Waals surface area contributed by atoms with Gasteiger partial charge in [-0.2, -0.15) is 0 Å². The molecule has 0 unspecified atom stereocenters. The van der Waals surface area contributed by atoms with Crippen LogP contribution in [0.2, 0.25) is 0 Å². The predicted octanol–water partition coefficient (Wildman–Crippen LogP) is 5.11. The van der Waals surface area contributed by atoms with E-state index in [1.54, 1.807) is 0 Å². The molecule has 136 valence electrons. The van der Waals surface area contributed by atoms with E-state index in [1.165, 1.54) is 16.7 Å². The summed E-state index contributed by atoms with van der Waals surface area (Å²) in [5.41, 5.74) is 3.66. The number of aryl methyl sites for hydroxylation is 1. The summed E-state index contributed by atoms with van der Waals surface area (Å²) in [6.07, 6.45) is 0.954. The van der Waals surface area contributed by atoms with Gasteiger partial charge in [-0.25, -0.2) is 0 Å². The SMILES string of the molecule is CCc1ccccc1OCC1=N[C@@H](c2ccccc2)[C@@H](c2ccccc2)N1. The molecule has 1 aliphatic rings. The van der Waals surface area contributed by atoms with Crippen molar-refractivity contribution in [1.82, 2.24) is 5.32 Å². The van der Waals surface area contributed by atoms with Crippen LogP contribution in [0.5, 0.6) is 5.75 Å². The highest BCUT2D eigenvalue weighted by Crippen LogP contribution is 2.36. The Morgan fingerprint density at radius 3 is 2.15 bits per heavy atom. The van der Waals surface area contributed by atoms with E-state index in [-0.39, 0.29) is 12.1 Å². The first kappa shape index (κ1) is 17.3. The third kappa shape index (κ3) is 3.87. The molecule has 0 bridgehead atoms. The highest BCUT2D eigenvalue weighted by Gasteiger charge is 2.31. The molecular weight excluding hydrogens is 332 g/mol. The van der Waals surface area contributed by atoms with E-state index in [0.717, 1.165) is 18.0 Å². The van der Waals surface area contributed by atoms with Crippen molar-refractivity contribution in [3.05, 3.63) is 102 Å². The van der Waals surface area contributed by atoms with Gasteiger partial charge in [0, 0.05) is 0 Å². The average molecular weight is 356 g/mol. The van der Waals surface area contributed by atoms with Crippen molar-refractivity contribution >= 4 is 5.84 Å². The average Bonchev–Trinajstić information content (AvgIpc) is 3.18. The van der Waals surface area contributed by atoms with Crippen molar-refractivity contribution in [2.75, 3.05) is 6.61 Å².